The smallest absolute Gasteiger partial charge is 0.222 e. The third-order valence-corrected chi connectivity index (χ3v) is 2.36. The Hall–Kier alpha value is -2.47. The Bertz CT molecular complexity index is 599. The van der Waals surface area contributed by atoms with Gasteiger partial charge in [0.15, 0.2) is 5.78 Å². The standard InChI is InChI=1S/C14H8FNO/c1-16-13-9-11(7-8-12(13)15)14(17)10-5-3-2-4-6-10/h2-9H. The Kier molecular flexibility index (Phi) is 2.97. The van der Waals surface area contributed by atoms with Crippen LogP contribution in [0, 0.1) is 12.4 Å². The van der Waals surface area contributed by atoms with Crippen LogP contribution in [0.4, 0.5) is 10.1 Å². The van der Waals surface area contributed by atoms with Crippen molar-refractivity contribution < 1.29 is 9.18 Å². The van der Waals surface area contributed by atoms with Crippen LogP contribution in [0.25, 0.3) is 4.85 Å². The number of hydrogen-bond acceptors (Lipinski definition) is 1. The number of halogens is 1. The molecule has 0 aliphatic heterocycles. The number of ketones is 1. The molecule has 0 radical (unpaired) electrons. The molecule has 0 amide bonds. The first-order valence-electron chi connectivity index (χ1n) is 4.99. The number of carbonyl (C=O) groups is 1. The normalized spacial score (nSPS) is 9.65. The molecule has 2 aromatic rings. The minimum absolute atomic E-state index is 0.133. The van der Waals surface area contributed by atoms with Crippen LogP contribution in [0.3, 0.4) is 0 Å². The highest BCUT2D eigenvalue weighted by atomic mass is 19.1. The molecule has 0 aliphatic rings. The van der Waals surface area contributed by atoms with Crippen molar-refractivity contribution in [3.8, 4) is 0 Å². The fraction of sp³-hybridized carbons (Fsp3) is 0. The largest absolute Gasteiger partial charge is 0.289 e. The van der Waals surface area contributed by atoms with Crippen molar-refractivity contribution in [2.24, 2.45) is 0 Å². The lowest BCUT2D eigenvalue weighted by Crippen LogP contribution is -2.00. The molecule has 0 spiro atoms. The second kappa shape index (κ2) is 4.58. The lowest BCUT2D eigenvalue weighted by molar-refractivity contribution is 0.103. The summed E-state index contributed by atoms with van der Waals surface area (Å²) in [5.41, 5.74) is 0.713. The zero-order valence-electron chi connectivity index (χ0n) is 8.85. The third-order valence-electron chi connectivity index (χ3n) is 2.36. The Morgan fingerprint density at radius 2 is 1.76 bits per heavy atom. The minimum atomic E-state index is -0.607. The maximum Gasteiger partial charge on any atom is 0.222 e. The third kappa shape index (κ3) is 2.21. The van der Waals surface area contributed by atoms with E-state index in [2.05, 4.69) is 4.85 Å². The maximum atomic E-state index is 13.1. The van der Waals surface area contributed by atoms with Gasteiger partial charge in [-0.2, -0.15) is 0 Å². The summed E-state index contributed by atoms with van der Waals surface area (Å²) in [4.78, 5) is 15.0. The van der Waals surface area contributed by atoms with Gasteiger partial charge in [0.25, 0.3) is 0 Å². The number of hydrogen-bond donors (Lipinski definition) is 0. The fourth-order valence-electron chi connectivity index (χ4n) is 1.50. The van der Waals surface area contributed by atoms with Crippen molar-refractivity contribution in [3.05, 3.63) is 76.9 Å². The van der Waals surface area contributed by atoms with Gasteiger partial charge in [-0.05, 0) is 12.1 Å². The Morgan fingerprint density at radius 1 is 1.06 bits per heavy atom. The summed E-state index contributed by atoms with van der Waals surface area (Å²) in [6.45, 7) is 6.80. The number of benzene rings is 2. The van der Waals surface area contributed by atoms with Gasteiger partial charge in [0.1, 0.15) is 5.82 Å². The second-order valence-corrected chi connectivity index (χ2v) is 3.47. The van der Waals surface area contributed by atoms with E-state index >= 15 is 0 Å². The Balaban J connectivity index is 2.43. The SMILES string of the molecule is [C-]#[N+]c1cc(C(=O)c2ccccc2)ccc1F. The first-order chi connectivity index (χ1) is 8.22. The first-order valence-corrected chi connectivity index (χ1v) is 4.99. The minimum Gasteiger partial charge on any atom is -0.289 e. The van der Waals surface area contributed by atoms with Crippen molar-refractivity contribution in [1.29, 1.82) is 0 Å². The van der Waals surface area contributed by atoms with E-state index in [1.165, 1.54) is 12.1 Å². The molecule has 0 heterocycles. The van der Waals surface area contributed by atoms with Gasteiger partial charge in [-0.15, -0.1) is 0 Å². The van der Waals surface area contributed by atoms with Gasteiger partial charge in [-0.25, -0.2) is 9.24 Å². The topological polar surface area (TPSA) is 21.4 Å². The van der Waals surface area contributed by atoms with Crippen LogP contribution in [0.15, 0.2) is 48.5 Å². The molecular formula is C14H8FNO. The molecule has 0 atom stereocenters. The fourth-order valence-corrected chi connectivity index (χ4v) is 1.50. The van der Waals surface area contributed by atoms with Crippen LogP contribution in [-0.4, -0.2) is 5.78 Å². The molecule has 2 nitrogen and oxygen atoms in total. The van der Waals surface area contributed by atoms with Crippen LogP contribution in [-0.2, 0) is 0 Å². The van der Waals surface area contributed by atoms with Crippen LogP contribution in [0.1, 0.15) is 15.9 Å². The van der Waals surface area contributed by atoms with E-state index in [0.29, 0.717) is 11.1 Å². The molecule has 2 aromatic carbocycles. The van der Waals surface area contributed by atoms with Crippen molar-refractivity contribution in [2.75, 3.05) is 0 Å². The van der Waals surface area contributed by atoms with Gasteiger partial charge in [0.2, 0.25) is 5.69 Å². The highest BCUT2D eigenvalue weighted by molar-refractivity contribution is 6.09. The van der Waals surface area contributed by atoms with Crippen LogP contribution < -0.4 is 0 Å². The molecular weight excluding hydrogens is 217 g/mol. The monoisotopic (exact) mass is 225 g/mol. The summed E-state index contributed by atoms with van der Waals surface area (Å²) in [6, 6.07) is 12.5. The van der Waals surface area contributed by atoms with E-state index in [9.17, 15) is 9.18 Å². The van der Waals surface area contributed by atoms with Crippen LogP contribution in [0.2, 0.25) is 0 Å². The highest BCUT2D eigenvalue weighted by Gasteiger charge is 2.11. The van der Waals surface area contributed by atoms with Crippen molar-refractivity contribution in [3.63, 3.8) is 0 Å². The molecule has 0 saturated heterocycles. The van der Waals surface area contributed by atoms with E-state index in [-0.39, 0.29) is 11.5 Å². The van der Waals surface area contributed by atoms with E-state index in [1.807, 2.05) is 6.07 Å². The molecule has 2 rings (SSSR count). The lowest BCUT2D eigenvalue weighted by atomic mass is 10.0. The summed E-state index contributed by atoms with van der Waals surface area (Å²) in [5.74, 6) is -0.819. The molecule has 17 heavy (non-hydrogen) atoms. The average molecular weight is 225 g/mol. The van der Waals surface area contributed by atoms with E-state index in [1.54, 1.807) is 24.3 Å². The van der Waals surface area contributed by atoms with Crippen molar-refractivity contribution in [1.82, 2.24) is 0 Å². The van der Waals surface area contributed by atoms with Gasteiger partial charge in [-0.3, -0.25) is 4.79 Å². The highest BCUT2D eigenvalue weighted by Crippen LogP contribution is 2.21. The molecule has 0 bridgehead atoms. The Labute approximate surface area is 98.1 Å². The molecule has 0 aliphatic carbocycles. The van der Waals surface area contributed by atoms with Crippen molar-refractivity contribution >= 4 is 11.5 Å². The van der Waals surface area contributed by atoms with E-state index in [4.69, 9.17) is 6.57 Å². The van der Waals surface area contributed by atoms with E-state index < -0.39 is 5.82 Å². The lowest BCUT2D eigenvalue weighted by Gasteiger charge is -2.02. The summed E-state index contributed by atoms with van der Waals surface area (Å²) in [5, 5.41) is 0. The zero-order valence-corrected chi connectivity index (χ0v) is 8.85. The maximum absolute atomic E-state index is 13.1. The zero-order chi connectivity index (χ0) is 12.3. The van der Waals surface area contributed by atoms with Crippen molar-refractivity contribution in [2.45, 2.75) is 0 Å². The summed E-state index contributed by atoms with van der Waals surface area (Å²) < 4.78 is 13.1. The van der Waals surface area contributed by atoms with Gasteiger partial charge in [0.05, 0.1) is 6.57 Å². The summed E-state index contributed by atoms with van der Waals surface area (Å²) in [7, 11) is 0. The first kappa shape index (κ1) is 11.0. The molecule has 3 heteroatoms. The molecule has 0 unspecified atom stereocenters. The van der Waals surface area contributed by atoms with Crippen LogP contribution in [0.5, 0.6) is 0 Å². The molecule has 0 N–H and O–H groups in total. The summed E-state index contributed by atoms with van der Waals surface area (Å²) in [6.07, 6.45) is 0. The number of carbonyl (C=O) groups excluding carboxylic acids is 1. The number of rotatable bonds is 2. The van der Waals surface area contributed by atoms with Gasteiger partial charge < -0.3 is 0 Å². The number of nitrogens with zero attached hydrogens (tertiary/aromatic N) is 1. The summed E-state index contributed by atoms with van der Waals surface area (Å²) >= 11 is 0. The van der Waals surface area contributed by atoms with Gasteiger partial charge in [0, 0.05) is 11.1 Å². The quantitative estimate of drug-likeness (QED) is 0.565. The molecule has 0 fully saturated rings. The van der Waals surface area contributed by atoms with E-state index in [0.717, 1.165) is 6.07 Å². The predicted octanol–water partition coefficient (Wildman–Crippen LogP) is 3.61. The molecule has 0 saturated carbocycles. The van der Waals surface area contributed by atoms with Gasteiger partial charge >= 0.3 is 0 Å². The van der Waals surface area contributed by atoms with Gasteiger partial charge in [-0.1, -0.05) is 36.4 Å². The van der Waals surface area contributed by atoms with Crippen LogP contribution >= 0.6 is 0 Å². The second-order valence-electron chi connectivity index (χ2n) is 3.47. The average Bonchev–Trinajstić information content (AvgIpc) is 2.39. The predicted molar refractivity (Wildman–Crippen MR) is 62.5 cm³/mol. The molecule has 0 aromatic heterocycles. The molecule has 82 valence electrons. The Morgan fingerprint density at radius 3 is 2.41 bits per heavy atom.